The summed E-state index contributed by atoms with van der Waals surface area (Å²) in [5.41, 5.74) is 7.69. The van der Waals surface area contributed by atoms with E-state index in [1.807, 2.05) is 42.5 Å². The van der Waals surface area contributed by atoms with Crippen LogP contribution < -0.4 is 11.1 Å². The van der Waals surface area contributed by atoms with Crippen LogP contribution in [0, 0.1) is 0 Å². The Morgan fingerprint density at radius 1 is 0.833 bits per heavy atom. The molecule has 2 amide bonds. The molecule has 0 aliphatic rings. The molecule has 3 aromatic carbocycles. The fraction of sp³-hybridized carbons (Fsp3) is 0.100. The summed E-state index contributed by atoms with van der Waals surface area (Å²) in [7, 11) is 0. The van der Waals surface area contributed by atoms with Crippen molar-refractivity contribution in [3.05, 3.63) is 77.9 Å². The molecule has 3 rings (SSSR count). The Balaban J connectivity index is 1.70. The maximum absolute atomic E-state index is 12.3. The molecule has 24 heavy (non-hydrogen) atoms. The van der Waals surface area contributed by atoms with Crippen LogP contribution in [0.5, 0.6) is 0 Å². The van der Waals surface area contributed by atoms with Crippen molar-refractivity contribution in [3.8, 4) is 0 Å². The van der Waals surface area contributed by atoms with E-state index in [0.717, 1.165) is 21.9 Å². The molecule has 0 atom stereocenters. The van der Waals surface area contributed by atoms with Crippen LogP contribution in [-0.4, -0.2) is 11.8 Å². The maximum atomic E-state index is 12.3. The third kappa shape index (κ3) is 3.79. The standard InChI is InChI=1S/C20H18N2O2/c21-19(23)12-14-8-10-17(11-9-14)22-20(24)13-16-6-3-5-15-4-1-2-7-18(15)16/h1-11H,12-13H2,(H2,21,23)(H,22,24). The van der Waals surface area contributed by atoms with Gasteiger partial charge in [0, 0.05) is 5.69 Å². The van der Waals surface area contributed by atoms with Crippen molar-refractivity contribution in [2.24, 2.45) is 5.73 Å². The number of amides is 2. The molecular formula is C20H18N2O2. The predicted octanol–water partition coefficient (Wildman–Crippen LogP) is 3.05. The minimum Gasteiger partial charge on any atom is -0.369 e. The second-order valence-corrected chi connectivity index (χ2v) is 5.70. The molecule has 4 heteroatoms. The molecule has 0 heterocycles. The first-order valence-corrected chi connectivity index (χ1v) is 7.75. The highest BCUT2D eigenvalue weighted by atomic mass is 16.1. The van der Waals surface area contributed by atoms with Gasteiger partial charge >= 0.3 is 0 Å². The molecule has 4 nitrogen and oxygen atoms in total. The van der Waals surface area contributed by atoms with E-state index >= 15 is 0 Å². The molecule has 3 aromatic rings. The Morgan fingerprint density at radius 2 is 1.54 bits per heavy atom. The summed E-state index contributed by atoms with van der Waals surface area (Å²) in [6.07, 6.45) is 0.509. The van der Waals surface area contributed by atoms with E-state index in [2.05, 4.69) is 5.32 Å². The van der Waals surface area contributed by atoms with Gasteiger partial charge in [0.05, 0.1) is 12.8 Å². The number of fused-ring (bicyclic) bond motifs is 1. The highest BCUT2D eigenvalue weighted by Crippen LogP contribution is 2.19. The van der Waals surface area contributed by atoms with E-state index in [4.69, 9.17) is 5.73 Å². The van der Waals surface area contributed by atoms with Crippen LogP contribution in [0.15, 0.2) is 66.7 Å². The minimum absolute atomic E-state index is 0.0750. The van der Waals surface area contributed by atoms with Crippen LogP contribution in [0.3, 0.4) is 0 Å². The van der Waals surface area contributed by atoms with Crippen molar-refractivity contribution in [1.82, 2.24) is 0 Å². The lowest BCUT2D eigenvalue weighted by Gasteiger charge is -2.08. The second kappa shape index (κ2) is 6.96. The number of benzene rings is 3. The molecular weight excluding hydrogens is 300 g/mol. The number of primary amides is 1. The van der Waals surface area contributed by atoms with Gasteiger partial charge in [-0.1, -0.05) is 54.6 Å². The van der Waals surface area contributed by atoms with Crippen molar-refractivity contribution >= 4 is 28.3 Å². The van der Waals surface area contributed by atoms with Gasteiger partial charge in [-0.05, 0) is 34.0 Å². The Hall–Kier alpha value is -3.14. The van der Waals surface area contributed by atoms with Crippen molar-refractivity contribution in [1.29, 1.82) is 0 Å². The van der Waals surface area contributed by atoms with Gasteiger partial charge in [-0.15, -0.1) is 0 Å². The number of rotatable bonds is 5. The predicted molar refractivity (Wildman–Crippen MR) is 95.6 cm³/mol. The summed E-state index contributed by atoms with van der Waals surface area (Å²) < 4.78 is 0. The van der Waals surface area contributed by atoms with E-state index in [0.29, 0.717) is 12.1 Å². The summed E-state index contributed by atoms with van der Waals surface area (Å²) in [5, 5.41) is 5.09. The van der Waals surface area contributed by atoms with Crippen molar-refractivity contribution in [2.75, 3.05) is 5.32 Å². The molecule has 3 N–H and O–H groups in total. The first-order chi connectivity index (χ1) is 11.6. The quantitative estimate of drug-likeness (QED) is 0.759. The minimum atomic E-state index is -0.372. The van der Waals surface area contributed by atoms with Crippen LogP contribution in [0.2, 0.25) is 0 Å². The zero-order valence-electron chi connectivity index (χ0n) is 13.2. The van der Waals surface area contributed by atoms with Crippen molar-refractivity contribution in [2.45, 2.75) is 12.8 Å². The fourth-order valence-corrected chi connectivity index (χ4v) is 2.73. The van der Waals surface area contributed by atoms with E-state index < -0.39 is 0 Å². The average Bonchev–Trinajstić information content (AvgIpc) is 2.56. The number of carbonyl (C=O) groups is 2. The molecule has 0 aliphatic heterocycles. The Labute approximate surface area is 140 Å². The third-order valence-electron chi connectivity index (χ3n) is 3.85. The van der Waals surface area contributed by atoms with E-state index in [1.165, 1.54) is 0 Å². The lowest BCUT2D eigenvalue weighted by Crippen LogP contribution is -2.15. The van der Waals surface area contributed by atoms with Crippen LogP contribution in [0.25, 0.3) is 10.8 Å². The number of nitrogens with two attached hydrogens (primary N) is 1. The first-order valence-electron chi connectivity index (χ1n) is 7.75. The topological polar surface area (TPSA) is 72.2 Å². The van der Waals surface area contributed by atoms with Crippen molar-refractivity contribution in [3.63, 3.8) is 0 Å². The van der Waals surface area contributed by atoms with Crippen LogP contribution in [-0.2, 0) is 22.4 Å². The zero-order valence-corrected chi connectivity index (χ0v) is 13.2. The Bertz CT molecular complexity index is 880. The molecule has 120 valence electrons. The lowest BCUT2D eigenvalue weighted by molar-refractivity contribution is -0.117. The van der Waals surface area contributed by atoms with Gasteiger partial charge in [0.15, 0.2) is 0 Å². The van der Waals surface area contributed by atoms with E-state index in [9.17, 15) is 9.59 Å². The van der Waals surface area contributed by atoms with Gasteiger partial charge in [-0.25, -0.2) is 0 Å². The van der Waals surface area contributed by atoms with Crippen LogP contribution in [0.1, 0.15) is 11.1 Å². The molecule has 0 saturated heterocycles. The molecule has 0 unspecified atom stereocenters. The van der Waals surface area contributed by atoms with Gasteiger partial charge in [0.2, 0.25) is 11.8 Å². The molecule has 0 saturated carbocycles. The van der Waals surface area contributed by atoms with Crippen LogP contribution >= 0.6 is 0 Å². The van der Waals surface area contributed by atoms with Gasteiger partial charge in [0.25, 0.3) is 0 Å². The summed E-state index contributed by atoms with van der Waals surface area (Å²) >= 11 is 0. The van der Waals surface area contributed by atoms with Gasteiger partial charge in [0.1, 0.15) is 0 Å². The highest BCUT2D eigenvalue weighted by Gasteiger charge is 2.07. The largest absolute Gasteiger partial charge is 0.369 e. The number of hydrogen-bond donors (Lipinski definition) is 2. The molecule has 0 fully saturated rings. The molecule has 0 aliphatic carbocycles. The molecule has 0 radical (unpaired) electrons. The smallest absolute Gasteiger partial charge is 0.228 e. The first kappa shape index (κ1) is 15.7. The van der Waals surface area contributed by atoms with Gasteiger partial charge < -0.3 is 11.1 Å². The van der Waals surface area contributed by atoms with Crippen LogP contribution in [0.4, 0.5) is 5.69 Å². The molecule has 0 spiro atoms. The number of nitrogens with one attached hydrogen (secondary N) is 1. The Morgan fingerprint density at radius 3 is 2.29 bits per heavy atom. The van der Waals surface area contributed by atoms with E-state index in [-0.39, 0.29) is 18.2 Å². The number of anilines is 1. The zero-order chi connectivity index (χ0) is 16.9. The monoisotopic (exact) mass is 318 g/mol. The number of carbonyl (C=O) groups excluding carboxylic acids is 2. The third-order valence-corrected chi connectivity index (χ3v) is 3.85. The lowest BCUT2D eigenvalue weighted by atomic mass is 10.0. The SMILES string of the molecule is NC(=O)Cc1ccc(NC(=O)Cc2cccc3ccccc23)cc1. The average molecular weight is 318 g/mol. The Kier molecular flexibility index (Phi) is 4.57. The number of hydrogen-bond acceptors (Lipinski definition) is 2. The summed E-state index contributed by atoms with van der Waals surface area (Å²) in [6.45, 7) is 0. The summed E-state index contributed by atoms with van der Waals surface area (Å²) in [6, 6.07) is 21.1. The summed E-state index contributed by atoms with van der Waals surface area (Å²) in [5.74, 6) is -0.447. The van der Waals surface area contributed by atoms with Crippen molar-refractivity contribution < 1.29 is 9.59 Å². The fourth-order valence-electron chi connectivity index (χ4n) is 2.73. The summed E-state index contributed by atoms with van der Waals surface area (Å²) in [4.78, 5) is 23.2. The normalized spacial score (nSPS) is 10.5. The maximum Gasteiger partial charge on any atom is 0.228 e. The molecule has 0 bridgehead atoms. The highest BCUT2D eigenvalue weighted by molar-refractivity contribution is 5.96. The van der Waals surface area contributed by atoms with E-state index in [1.54, 1.807) is 24.3 Å². The second-order valence-electron chi connectivity index (χ2n) is 5.70. The van der Waals surface area contributed by atoms with Gasteiger partial charge in [-0.2, -0.15) is 0 Å². The molecule has 0 aromatic heterocycles. The van der Waals surface area contributed by atoms with Gasteiger partial charge in [-0.3, -0.25) is 9.59 Å².